The summed E-state index contributed by atoms with van der Waals surface area (Å²) < 4.78 is 25.5. The predicted octanol–water partition coefficient (Wildman–Crippen LogP) is 3.47. The third kappa shape index (κ3) is 1.54. The van der Waals surface area contributed by atoms with Crippen molar-refractivity contribution in [3.63, 3.8) is 0 Å². The van der Waals surface area contributed by atoms with Crippen molar-refractivity contribution in [3.05, 3.63) is 39.7 Å². The molecule has 1 aromatic heterocycles. The predicted molar refractivity (Wildman–Crippen MR) is 73.1 cm³/mol. The molecule has 2 aliphatic rings. The number of rotatable bonds is 0. The van der Waals surface area contributed by atoms with Crippen molar-refractivity contribution in [3.8, 4) is 5.75 Å². The highest BCUT2D eigenvalue weighted by molar-refractivity contribution is 5.85. The second-order valence-corrected chi connectivity index (χ2v) is 5.77. The van der Waals surface area contributed by atoms with E-state index in [9.17, 15) is 9.18 Å². The molecular weight excluding hydrogens is 259 g/mol. The molecule has 0 N–H and O–H groups in total. The molecule has 0 radical (unpaired) electrons. The van der Waals surface area contributed by atoms with Gasteiger partial charge < -0.3 is 9.15 Å². The lowest BCUT2D eigenvalue weighted by atomic mass is 9.78. The minimum Gasteiger partial charge on any atom is -0.486 e. The van der Waals surface area contributed by atoms with Crippen LogP contribution >= 0.6 is 0 Å². The van der Waals surface area contributed by atoms with Gasteiger partial charge in [0.1, 0.15) is 23.6 Å². The summed E-state index contributed by atoms with van der Waals surface area (Å²) in [6.45, 7) is 1.97. The van der Waals surface area contributed by atoms with Gasteiger partial charge in [0.25, 0.3) is 0 Å². The van der Waals surface area contributed by atoms with Crippen LogP contribution in [0.4, 0.5) is 4.39 Å². The Hall–Kier alpha value is -1.84. The maximum Gasteiger partial charge on any atom is 0.343 e. The molecule has 2 bridgehead atoms. The SMILES string of the molecule is Cc1ccc2oc(=O)c3c(c2c1)OC1CCCC3C1F. The quantitative estimate of drug-likeness (QED) is 0.690. The van der Waals surface area contributed by atoms with Crippen LogP contribution in [0.3, 0.4) is 0 Å². The summed E-state index contributed by atoms with van der Waals surface area (Å²) in [4.78, 5) is 12.2. The van der Waals surface area contributed by atoms with Crippen LogP contribution in [0, 0.1) is 6.92 Å². The van der Waals surface area contributed by atoms with E-state index in [1.165, 1.54) is 0 Å². The molecule has 104 valence electrons. The summed E-state index contributed by atoms with van der Waals surface area (Å²) in [5, 5.41) is 0.781. The molecule has 0 spiro atoms. The molecule has 4 heteroatoms. The lowest BCUT2D eigenvalue weighted by Gasteiger charge is -2.38. The van der Waals surface area contributed by atoms with Gasteiger partial charge in [0.15, 0.2) is 0 Å². The van der Waals surface area contributed by atoms with E-state index in [0.717, 1.165) is 17.4 Å². The van der Waals surface area contributed by atoms with Crippen LogP contribution in [-0.4, -0.2) is 12.3 Å². The second kappa shape index (κ2) is 4.08. The van der Waals surface area contributed by atoms with Crippen LogP contribution in [0.5, 0.6) is 5.75 Å². The van der Waals surface area contributed by atoms with Gasteiger partial charge in [-0.1, -0.05) is 11.6 Å². The van der Waals surface area contributed by atoms with Crippen molar-refractivity contribution < 1.29 is 13.5 Å². The first-order chi connectivity index (χ1) is 9.65. The van der Waals surface area contributed by atoms with E-state index >= 15 is 0 Å². The number of ether oxygens (including phenoxy) is 1. The number of benzene rings is 1. The van der Waals surface area contributed by atoms with Gasteiger partial charge in [-0.3, -0.25) is 0 Å². The highest BCUT2D eigenvalue weighted by Gasteiger charge is 2.44. The molecule has 0 saturated heterocycles. The first-order valence-corrected chi connectivity index (χ1v) is 7.03. The smallest absolute Gasteiger partial charge is 0.343 e. The van der Waals surface area contributed by atoms with Gasteiger partial charge in [-0.15, -0.1) is 0 Å². The third-order valence-corrected chi connectivity index (χ3v) is 4.43. The Morgan fingerprint density at radius 2 is 2.15 bits per heavy atom. The van der Waals surface area contributed by atoms with E-state index in [4.69, 9.17) is 9.15 Å². The van der Waals surface area contributed by atoms with Gasteiger partial charge in [-0.2, -0.15) is 0 Å². The highest BCUT2D eigenvalue weighted by Crippen LogP contribution is 2.46. The largest absolute Gasteiger partial charge is 0.486 e. The number of aryl methyl sites for hydroxylation is 1. The van der Waals surface area contributed by atoms with E-state index in [2.05, 4.69) is 0 Å². The van der Waals surface area contributed by atoms with Crippen LogP contribution in [-0.2, 0) is 0 Å². The average Bonchev–Trinajstić information content (AvgIpc) is 2.40. The monoisotopic (exact) mass is 274 g/mol. The molecule has 3 atom stereocenters. The molecule has 1 aromatic carbocycles. The Balaban J connectivity index is 2.06. The zero-order chi connectivity index (χ0) is 13.9. The van der Waals surface area contributed by atoms with Gasteiger partial charge in [0.2, 0.25) is 0 Å². The molecule has 0 amide bonds. The van der Waals surface area contributed by atoms with Gasteiger partial charge in [0, 0.05) is 5.92 Å². The van der Waals surface area contributed by atoms with Crippen LogP contribution < -0.4 is 10.4 Å². The van der Waals surface area contributed by atoms with E-state index in [0.29, 0.717) is 29.7 Å². The minimum atomic E-state index is -1.10. The fourth-order valence-electron chi connectivity index (χ4n) is 3.44. The summed E-state index contributed by atoms with van der Waals surface area (Å²) in [5.74, 6) is 0.169. The molecule has 1 aliphatic heterocycles. The van der Waals surface area contributed by atoms with Crippen LogP contribution in [0.15, 0.2) is 27.4 Å². The summed E-state index contributed by atoms with van der Waals surface area (Å²) in [7, 11) is 0. The van der Waals surface area contributed by atoms with Crippen molar-refractivity contribution in [1.29, 1.82) is 0 Å². The lowest BCUT2D eigenvalue weighted by molar-refractivity contribution is 0.0276. The Labute approximate surface area is 115 Å². The van der Waals surface area contributed by atoms with Gasteiger partial charge in [0.05, 0.1) is 10.9 Å². The average molecular weight is 274 g/mol. The topological polar surface area (TPSA) is 39.4 Å². The van der Waals surface area contributed by atoms with Gasteiger partial charge in [-0.25, -0.2) is 9.18 Å². The summed E-state index contributed by atoms with van der Waals surface area (Å²) in [6.07, 6.45) is 0.773. The zero-order valence-electron chi connectivity index (χ0n) is 11.2. The minimum absolute atomic E-state index is 0.376. The standard InChI is InChI=1S/C16H15FO3/c1-8-5-6-11-10(7-8)15-13(16(18)20-11)9-3-2-4-12(19-15)14(9)17/h5-7,9,12,14H,2-4H2,1H3. The van der Waals surface area contributed by atoms with E-state index < -0.39 is 17.9 Å². The Kier molecular flexibility index (Phi) is 2.43. The molecule has 3 nitrogen and oxygen atoms in total. The summed E-state index contributed by atoms with van der Waals surface area (Å²) in [6, 6.07) is 5.59. The van der Waals surface area contributed by atoms with Crippen molar-refractivity contribution >= 4 is 11.0 Å². The molecule has 4 rings (SSSR count). The van der Waals surface area contributed by atoms with Crippen molar-refractivity contribution in [2.24, 2.45) is 0 Å². The highest BCUT2D eigenvalue weighted by atomic mass is 19.1. The Morgan fingerprint density at radius 1 is 1.30 bits per heavy atom. The molecule has 1 saturated carbocycles. The van der Waals surface area contributed by atoms with E-state index in [1.54, 1.807) is 6.07 Å². The molecule has 1 aliphatic carbocycles. The normalized spacial score (nSPS) is 28.0. The number of fused-ring (bicyclic) bond motifs is 6. The lowest BCUT2D eigenvalue weighted by Crippen LogP contribution is -2.43. The van der Waals surface area contributed by atoms with Crippen molar-refractivity contribution in [2.75, 3.05) is 0 Å². The number of halogens is 1. The number of alkyl halides is 1. The number of hydrogen-bond donors (Lipinski definition) is 0. The maximum absolute atomic E-state index is 14.3. The summed E-state index contributed by atoms with van der Waals surface area (Å²) in [5.41, 5.74) is 1.51. The van der Waals surface area contributed by atoms with Crippen LogP contribution in [0.2, 0.25) is 0 Å². The fourth-order valence-corrected chi connectivity index (χ4v) is 3.44. The maximum atomic E-state index is 14.3. The molecule has 2 aromatic rings. The molecule has 20 heavy (non-hydrogen) atoms. The fraction of sp³-hybridized carbons (Fsp3) is 0.438. The first kappa shape index (κ1) is 11.9. The third-order valence-electron chi connectivity index (χ3n) is 4.43. The van der Waals surface area contributed by atoms with Gasteiger partial charge >= 0.3 is 5.63 Å². The van der Waals surface area contributed by atoms with Crippen LogP contribution in [0.1, 0.15) is 36.3 Å². The van der Waals surface area contributed by atoms with Crippen molar-refractivity contribution in [1.82, 2.24) is 0 Å². The van der Waals surface area contributed by atoms with E-state index in [-0.39, 0.29) is 5.92 Å². The first-order valence-electron chi connectivity index (χ1n) is 7.03. The zero-order valence-corrected chi connectivity index (χ0v) is 11.2. The van der Waals surface area contributed by atoms with E-state index in [1.807, 2.05) is 19.1 Å². The molecular formula is C16H15FO3. The Morgan fingerprint density at radius 3 is 3.00 bits per heavy atom. The number of hydrogen-bond acceptors (Lipinski definition) is 3. The molecule has 3 unspecified atom stereocenters. The second-order valence-electron chi connectivity index (χ2n) is 5.77. The Bertz CT molecular complexity index is 749. The molecule has 1 fully saturated rings. The van der Waals surface area contributed by atoms with Crippen molar-refractivity contribution in [2.45, 2.75) is 44.4 Å². The molecule has 2 heterocycles. The van der Waals surface area contributed by atoms with Gasteiger partial charge in [-0.05, 0) is 38.3 Å². The summed E-state index contributed by atoms with van der Waals surface area (Å²) >= 11 is 0. The van der Waals surface area contributed by atoms with Crippen LogP contribution in [0.25, 0.3) is 11.0 Å².